The highest BCUT2D eigenvalue weighted by atomic mass is 16.4. The zero-order chi connectivity index (χ0) is 15.2. The van der Waals surface area contributed by atoms with Gasteiger partial charge in [-0.15, -0.1) is 0 Å². The normalized spacial score (nSPS) is 11.9. The van der Waals surface area contributed by atoms with Crippen molar-refractivity contribution in [2.45, 2.75) is 19.8 Å². The number of aromatic nitrogens is 3. The maximum absolute atomic E-state index is 11.8. The predicted molar refractivity (Wildman–Crippen MR) is 76.0 cm³/mol. The number of carbonyl (C=O) groups excluding carboxylic acids is 1. The maximum Gasteiger partial charge on any atom is 0.303 e. The van der Waals surface area contributed by atoms with Crippen LogP contribution in [0, 0.1) is 5.92 Å². The Morgan fingerprint density at radius 1 is 1.29 bits per heavy atom. The van der Waals surface area contributed by atoms with Crippen LogP contribution < -0.4 is 5.32 Å². The number of hydrogen-bond acceptors (Lipinski definition) is 4. The Bertz CT molecular complexity index is 608. The zero-order valence-corrected chi connectivity index (χ0v) is 11.6. The molecule has 0 aliphatic carbocycles. The van der Waals surface area contributed by atoms with E-state index in [4.69, 9.17) is 5.11 Å². The number of anilines is 1. The lowest BCUT2D eigenvalue weighted by Crippen LogP contribution is -2.16. The molecule has 1 aromatic heterocycles. The van der Waals surface area contributed by atoms with E-state index in [2.05, 4.69) is 15.4 Å². The number of rotatable bonds is 6. The highest BCUT2D eigenvalue weighted by molar-refractivity contribution is 5.91. The van der Waals surface area contributed by atoms with Gasteiger partial charge in [-0.1, -0.05) is 6.92 Å². The average molecular weight is 288 g/mol. The molecule has 7 heteroatoms. The molecule has 2 aromatic rings. The number of carboxylic acid groups (broad SMARTS) is 1. The third-order valence-corrected chi connectivity index (χ3v) is 2.89. The van der Waals surface area contributed by atoms with Crippen molar-refractivity contribution in [1.82, 2.24) is 14.8 Å². The summed E-state index contributed by atoms with van der Waals surface area (Å²) in [6.07, 6.45) is 3.19. The third kappa shape index (κ3) is 4.41. The van der Waals surface area contributed by atoms with Crippen LogP contribution in [-0.2, 0) is 9.59 Å². The minimum absolute atomic E-state index is 0.0152. The Labute approximate surface area is 121 Å². The van der Waals surface area contributed by atoms with Crippen molar-refractivity contribution in [3.05, 3.63) is 36.9 Å². The minimum Gasteiger partial charge on any atom is -0.481 e. The summed E-state index contributed by atoms with van der Waals surface area (Å²) in [7, 11) is 0. The van der Waals surface area contributed by atoms with Crippen LogP contribution in [0.25, 0.3) is 5.69 Å². The van der Waals surface area contributed by atoms with Crippen molar-refractivity contribution in [1.29, 1.82) is 0 Å². The van der Waals surface area contributed by atoms with Gasteiger partial charge in [0, 0.05) is 18.5 Å². The summed E-state index contributed by atoms with van der Waals surface area (Å²) in [6, 6.07) is 7.14. The van der Waals surface area contributed by atoms with Gasteiger partial charge in [0.2, 0.25) is 5.91 Å². The summed E-state index contributed by atoms with van der Waals surface area (Å²) in [5.41, 5.74) is 1.50. The van der Waals surface area contributed by atoms with Crippen LogP contribution >= 0.6 is 0 Å². The number of carbonyl (C=O) groups is 2. The fourth-order valence-electron chi connectivity index (χ4n) is 1.94. The molecule has 2 N–H and O–H groups in total. The minimum atomic E-state index is -0.896. The van der Waals surface area contributed by atoms with E-state index >= 15 is 0 Å². The second-order valence-corrected chi connectivity index (χ2v) is 4.84. The second-order valence-electron chi connectivity index (χ2n) is 4.84. The molecule has 0 aliphatic rings. The van der Waals surface area contributed by atoms with Gasteiger partial charge in [0.25, 0.3) is 0 Å². The van der Waals surface area contributed by atoms with Gasteiger partial charge in [0.05, 0.1) is 5.69 Å². The van der Waals surface area contributed by atoms with Gasteiger partial charge in [0.1, 0.15) is 12.7 Å². The van der Waals surface area contributed by atoms with Gasteiger partial charge in [-0.05, 0) is 30.2 Å². The van der Waals surface area contributed by atoms with Crippen molar-refractivity contribution in [2.24, 2.45) is 5.92 Å². The lowest BCUT2D eigenvalue weighted by Gasteiger charge is -2.10. The van der Waals surface area contributed by atoms with Gasteiger partial charge >= 0.3 is 5.97 Å². The van der Waals surface area contributed by atoms with Crippen molar-refractivity contribution >= 4 is 17.6 Å². The number of benzene rings is 1. The number of nitrogens with one attached hydrogen (secondary N) is 1. The number of amides is 1. The summed E-state index contributed by atoms with van der Waals surface area (Å²) >= 11 is 0. The number of nitrogens with zero attached hydrogens (tertiary/aromatic N) is 3. The maximum atomic E-state index is 11.8. The van der Waals surface area contributed by atoms with Crippen LogP contribution in [-0.4, -0.2) is 31.7 Å². The van der Waals surface area contributed by atoms with E-state index in [1.807, 2.05) is 12.1 Å². The van der Waals surface area contributed by atoms with Gasteiger partial charge in [-0.2, -0.15) is 5.10 Å². The van der Waals surface area contributed by atoms with Crippen molar-refractivity contribution in [3.63, 3.8) is 0 Å². The summed E-state index contributed by atoms with van der Waals surface area (Å²) in [4.78, 5) is 26.2. The molecule has 0 radical (unpaired) electrons. The molecule has 0 saturated heterocycles. The fourth-order valence-corrected chi connectivity index (χ4v) is 1.94. The molecule has 1 aromatic carbocycles. The monoisotopic (exact) mass is 288 g/mol. The summed E-state index contributed by atoms with van der Waals surface area (Å²) in [5, 5.41) is 15.4. The Hall–Kier alpha value is -2.70. The van der Waals surface area contributed by atoms with E-state index in [0.29, 0.717) is 5.69 Å². The van der Waals surface area contributed by atoms with Crippen molar-refractivity contribution < 1.29 is 14.7 Å². The molecule has 1 amide bonds. The molecule has 7 nitrogen and oxygen atoms in total. The molecule has 0 fully saturated rings. The van der Waals surface area contributed by atoms with Gasteiger partial charge < -0.3 is 10.4 Å². The van der Waals surface area contributed by atoms with Crippen molar-refractivity contribution in [3.8, 4) is 5.69 Å². The lowest BCUT2D eigenvalue weighted by atomic mass is 10.0. The van der Waals surface area contributed by atoms with E-state index in [-0.39, 0.29) is 24.7 Å². The van der Waals surface area contributed by atoms with E-state index in [1.165, 1.54) is 6.33 Å². The first-order valence-corrected chi connectivity index (χ1v) is 6.51. The van der Waals surface area contributed by atoms with E-state index in [9.17, 15) is 9.59 Å². The van der Waals surface area contributed by atoms with Crippen molar-refractivity contribution in [2.75, 3.05) is 5.32 Å². The molecule has 1 atom stereocenters. The van der Waals surface area contributed by atoms with E-state index in [0.717, 1.165) is 5.69 Å². The molecular weight excluding hydrogens is 272 g/mol. The molecule has 1 heterocycles. The number of aliphatic carboxylic acids is 1. The van der Waals surface area contributed by atoms with Crippen LogP contribution in [0.3, 0.4) is 0 Å². The van der Waals surface area contributed by atoms with E-state index < -0.39 is 5.97 Å². The largest absolute Gasteiger partial charge is 0.481 e. The number of hydrogen-bond donors (Lipinski definition) is 2. The first-order chi connectivity index (χ1) is 10.0. The number of carboxylic acids is 1. The quantitative estimate of drug-likeness (QED) is 0.843. The molecule has 110 valence electrons. The van der Waals surface area contributed by atoms with Gasteiger partial charge in [0.15, 0.2) is 0 Å². The highest BCUT2D eigenvalue weighted by Crippen LogP contribution is 2.14. The molecule has 0 spiro atoms. The summed E-state index contributed by atoms with van der Waals surface area (Å²) in [6.45, 7) is 1.74. The highest BCUT2D eigenvalue weighted by Gasteiger charge is 2.12. The average Bonchev–Trinajstić information content (AvgIpc) is 2.92. The second kappa shape index (κ2) is 6.65. The van der Waals surface area contributed by atoms with Crippen LogP contribution in [0.15, 0.2) is 36.9 Å². The lowest BCUT2D eigenvalue weighted by molar-refractivity contribution is -0.138. The first-order valence-electron chi connectivity index (χ1n) is 6.51. The Balaban J connectivity index is 1.91. The van der Waals surface area contributed by atoms with Crippen LogP contribution in [0.2, 0.25) is 0 Å². The van der Waals surface area contributed by atoms with Gasteiger partial charge in [-0.3, -0.25) is 9.59 Å². The molecular formula is C14H16N4O3. The van der Waals surface area contributed by atoms with E-state index in [1.54, 1.807) is 30.1 Å². The first kappa shape index (κ1) is 14.7. The summed E-state index contributed by atoms with van der Waals surface area (Å²) < 4.78 is 1.61. The standard InChI is InChI=1S/C14H16N4O3/c1-10(7-14(20)21)6-13(19)17-11-2-4-12(5-3-11)18-9-15-8-16-18/h2-5,8-10H,6-7H2,1H3,(H,17,19)(H,20,21). The molecule has 0 aliphatic heterocycles. The van der Waals surface area contributed by atoms with Crippen LogP contribution in [0.5, 0.6) is 0 Å². The molecule has 2 rings (SSSR count). The molecule has 0 bridgehead atoms. The Morgan fingerprint density at radius 3 is 2.57 bits per heavy atom. The summed E-state index contributed by atoms with van der Waals surface area (Å²) in [5.74, 6) is -1.29. The Kier molecular flexibility index (Phi) is 4.65. The predicted octanol–water partition coefficient (Wildman–Crippen LogP) is 1.71. The SMILES string of the molecule is CC(CC(=O)O)CC(=O)Nc1ccc(-n2cncn2)cc1. The molecule has 1 unspecified atom stereocenters. The van der Waals surface area contributed by atoms with Gasteiger partial charge in [-0.25, -0.2) is 9.67 Å². The fraction of sp³-hybridized carbons (Fsp3) is 0.286. The third-order valence-electron chi connectivity index (χ3n) is 2.89. The zero-order valence-electron chi connectivity index (χ0n) is 11.6. The Morgan fingerprint density at radius 2 is 2.00 bits per heavy atom. The van der Waals surface area contributed by atoms with Crippen LogP contribution in [0.1, 0.15) is 19.8 Å². The smallest absolute Gasteiger partial charge is 0.303 e. The molecule has 0 saturated carbocycles. The van der Waals surface area contributed by atoms with Crippen LogP contribution in [0.4, 0.5) is 5.69 Å². The topological polar surface area (TPSA) is 97.1 Å². The molecule has 21 heavy (non-hydrogen) atoms.